The van der Waals surface area contributed by atoms with E-state index < -0.39 is 0 Å². The van der Waals surface area contributed by atoms with Crippen molar-refractivity contribution in [2.75, 3.05) is 39.9 Å². The first-order valence-corrected chi connectivity index (χ1v) is 8.04. The second kappa shape index (κ2) is 7.84. The Balaban J connectivity index is 2.00. The van der Waals surface area contributed by atoms with Gasteiger partial charge in [0.15, 0.2) is 0 Å². The van der Waals surface area contributed by atoms with Gasteiger partial charge in [-0.05, 0) is 52.2 Å². The second-order valence-corrected chi connectivity index (χ2v) is 6.02. The molecule has 0 aliphatic carbocycles. The summed E-state index contributed by atoms with van der Waals surface area (Å²) >= 11 is 0. The van der Waals surface area contributed by atoms with E-state index in [0.717, 1.165) is 65.0 Å². The van der Waals surface area contributed by atoms with Gasteiger partial charge in [0.05, 0.1) is 0 Å². The lowest BCUT2D eigenvalue weighted by atomic mass is 9.98. The van der Waals surface area contributed by atoms with E-state index in [9.17, 15) is 4.79 Å². The summed E-state index contributed by atoms with van der Waals surface area (Å²) in [5.41, 5.74) is 0. The molecule has 2 fully saturated rings. The number of ether oxygens (including phenoxy) is 1. The highest BCUT2D eigenvalue weighted by molar-refractivity contribution is 5.75. The van der Waals surface area contributed by atoms with Gasteiger partial charge >= 0.3 is 6.03 Å². The zero-order chi connectivity index (χ0) is 14.4. The van der Waals surface area contributed by atoms with E-state index in [2.05, 4.69) is 29.1 Å². The van der Waals surface area contributed by atoms with Crippen molar-refractivity contribution < 1.29 is 9.53 Å². The largest absolute Gasteiger partial charge is 0.381 e. The number of urea groups is 1. The molecule has 2 aliphatic rings. The van der Waals surface area contributed by atoms with E-state index in [0.29, 0.717) is 12.1 Å². The highest BCUT2D eigenvalue weighted by Gasteiger charge is 2.33. The molecule has 0 saturated carbocycles. The van der Waals surface area contributed by atoms with Crippen molar-refractivity contribution in [3.63, 3.8) is 0 Å². The van der Waals surface area contributed by atoms with Gasteiger partial charge in [-0.1, -0.05) is 6.92 Å². The summed E-state index contributed by atoms with van der Waals surface area (Å²) in [4.78, 5) is 17.0. The van der Waals surface area contributed by atoms with Gasteiger partial charge in [-0.2, -0.15) is 0 Å². The van der Waals surface area contributed by atoms with Gasteiger partial charge in [0.25, 0.3) is 0 Å². The number of amides is 2. The average molecular weight is 283 g/mol. The first-order chi connectivity index (χ1) is 9.72. The van der Waals surface area contributed by atoms with Gasteiger partial charge in [-0.25, -0.2) is 4.79 Å². The highest BCUT2D eigenvalue weighted by Crippen LogP contribution is 2.23. The zero-order valence-corrected chi connectivity index (χ0v) is 12.9. The lowest BCUT2D eigenvalue weighted by molar-refractivity contribution is 0.0228. The SMILES string of the molecule is CCCNC(=O)N(C1CCOCC1)C1CCN(C)CC1. The molecule has 0 bridgehead atoms. The standard InChI is InChI=1S/C15H29N3O2/c1-3-8-16-15(19)18(14-6-11-20-12-7-14)13-4-9-17(2)10-5-13/h13-14H,3-12H2,1-2H3,(H,16,19). The molecule has 0 aromatic heterocycles. The third kappa shape index (κ3) is 4.09. The fourth-order valence-electron chi connectivity index (χ4n) is 3.19. The van der Waals surface area contributed by atoms with Crippen molar-refractivity contribution in [1.82, 2.24) is 15.1 Å². The van der Waals surface area contributed by atoms with Crippen LogP contribution in [0.15, 0.2) is 0 Å². The molecule has 0 unspecified atom stereocenters. The summed E-state index contributed by atoms with van der Waals surface area (Å²) in [6.45, 7) is 6.61. The Labute approximate surface area is 122 Å². The van der Waals surface area contributed by atoms with E-state index in [1.54, 1.807) is 0 Å². The molecule has 116 valence electrons. The fourth-order valence-corrected chi connectivity index (χ4v) is 3.19. The van der Waals surface area contributed by atoms with E-state index in [-0.39, 0.29) is 6.03 Å². The number of likely N-dealkylation sites (tertiary alicyclic amines) is 1. The molecule has 2 amide bonds. The molecule has 1 N–H and O–H groups in total. The summed E-state index contributed by atoms with van der Waals surface area (Å²) in [5, 5.41) is 3.07. The van der Waals surface area contributed by atoms with Crippen LogP contribution in [0.1, 0.15) is 39.0 Å². The van der Waals surface area contributed by atoms with Gasteiger partial charge in [0.1, 0.15) is 0 Å². The average Bonchev–Trinajstić information content (AvgIpc) is 2.48. The second-order valence-electron chi connectivity index (χ2n) is 6.02. The Bertz CT molecular complexity index is 297. The lowest BCUT2D eigenvalue weighted by Gasteiger charge is -2.43. The Kier molecular flexibility index (Phi) is 6.10. The van der Waals surface area contributed by atoms with Gasteiger partial charge in [0, 0.05) is 31.8 Å². The maximum absolute atomic E-state index is 12.5. The van der Waals surface area contributed by atoms with Crippen LogP contribution in [0.4, 0.5) is 4.79 Å². The Morgan fingerprint density at radius 1 is 1.20 bits per heavy atom. The molecule has 2 rings (SSSR count). The predicted octanol–water partition coefficient (Wildman–Crippen LogP) is 1.68. The summed E-state index contributed by atoms with van der Waals surface area (Å²) < 4.78 is 5.45. The quantitative estimate of drug-likeness (QED) is 0.854. The van der Waals surface area contributed by atoms with Crippen molar-refractivity contribution in [2.45, 2.75) is 51.1 Å². The molecule has 0 radical (unpaired) electrons. The highest BCUT2D eigenvalue weighted by atomic mass is 16.5. The van der Waals surface area contributed by atoms with Crippen LogP contribution in [0.5, 0.6) is 0 Å². The van der Waals surface area contributed by atoms with Crippen LogP contribution in [0.25, 0.3) is 0 Å². The minimum atomic E-state index is 0.133. The molecule has 2 heterocycles. The fraction of sp³-hybridized carbons (Fsp3) is 0.933. The minimum absolute atomic E-state index is 0.133. The van der Waals surface area contributed by atoms with Crippen molar-refractivity contribution in [3.8, 4) is 0 Å². The van der Waals surface area contributed by atoms with E-state index >= 15 is 0 Å². The number of piperidine rings is 1. The van der Waals surface area contributed by atoms with Gasteiger partial charge in [-0.3, -0.25) is 0 Å². The normalized spacial score (nSPS) is 22.7. The number of carbonyl (C=O) groups is 1. The van der Waals surface area contributed by atoms with Crippen molar-refractivity contribution in [3.05, 3.63) is 0 Å². The Morgan fingerprint density at radius 3 is 2.40 bits per heavy atom. The minimum Gasteiger partial charge on any atom is -0.381 e. The molecule has 5 heteroatoms. The van der Waals surface area contributed by atoms with Crippen LogP contribution in [0.3, 0.4) is 0 Å². The zero-order valence-electron chi connectivity index (χ0n) is 12.9. The Hall–Kier alpha value is -0.810. The van der Waals surface area contributed by atoms with Crippen LogP contribution in [-0.4, -0.2) is 67.8 Å². The molecule has 2 saturated heterocycles. The first-order valence-electron chi connectivity index (χ1n) is 8.04. The summed E-state index contributed by atoms with van der Waals surface area (Å²) in [6, 6.07) is 0.883. The lowest BCUT2D eigenvalue weighted by Crippen LogP contribution is -2.55. The number of rotatable bonds is 4. The first kappa shape index (κ1) is 15.6. The van der Waals surface area contributed by atoms with Gasteiger partial charge in [-0.15, -0.1) is 0 Å². The molecular weight excluding hydrogens is 254 g/mol. The molecule has 20 heavy (non-hydrogen) atoms. The molecular formula is C15H29N3O2. The van der Waals surface area contributed by atoms with Gasteiger partial charge < -0.3 is 19.9 Å². The number of carbonyl (C=O) groups excluding carboxylic acids is 1. The topological polar surface area (TPSA) is 44.8 Å². The van der Waals surface area contributed by atoms with Crippen LogP contribution in [0.2, 0.25) is 0 Å². The van der Waals surface area contributed by atoms with Crippen LogP contribution < -0.4 is 5.32 Å². The summed E-state index contributed by atoms with van der Waals surface area (Å²) in [5.74, 6) is 0. The van der Waals surface area contributed by atoms with Crippen molar-refractivity contribution >= 4 is 6.03 Å². The summed E-state index contributed by atoms with van der Waals surface area (Å²) in [6.07, 6.45) is 5.12. The third-order valence-electron chi connectivity index (χ3n) is 4.43. The maximum atomic E-state index is 12.5. The number of hydrogen-bond donors (Lipinski definition) is 1. The predicted molar refractivity (Wildman–Crippen MR) is 79.9 cm³/mol. The Morgan fingerprint density at radius 2 is 1.80 bits per heavy atom. The van der Waals surface area contributed by atoms with Crippen LogP contribution in [-0.2, 0) is 4.74 Å². The van der Waals surface area contributed by atoms with E-state index in [1.807, 2.05) is 0 Å². The molecule has 0 aromatic carbocycles. The smallest absolute Gasteiger partial charge is 0.317 e. The van der Waals surface area contributed by atoms with Crippen LogP contribution >= 0.6 is 0 Å². The number of nitrogens with zero attached hydrogens (tertiary/aromatic N) is 2. The van der Waals surface area contributed by atoms with Crippen LogP contribution in [0, 0.1) is 0 Å². The maximum Gasteiger partial charge on any atom is 0.317 e. The summed E-state index contributed by atoms with van der Waals surface area (Å²) in [7, 11) is 2.16. The van der Waals surface area contributed by atoms with Crippen molar-refractivity contribution in [2.24, 2.45) is 0 Å². The molecule has 5 nitrogen and oxygen atoms in total. The van der Waals surface area contributed by atoms with E-state index in [4.69, 9.17) is 4.74 Å². The molecule has 0 aromatic rings. The number of nitrogens with one attached hydrogen (secondary N) is 1. The van der Waals surface area contributed by atoms with E-state index in [1.165, 1.54) is 0 Å². The molecule has 2 aliphatic heterocycles. The number of hydrogen-bond acceptors (Lipinski definition) is 3. The third-order valence-corrected chi connectivity index (χ3v) is 4.43. The molecule has 0 spiro atoms. The van der Waals surface area contributed by atoms with Gasteiger partial charge in [0.2, 0.25) is 0 Å². The monoisotopic (exact) mass is 283 g/mol. The molecule has 0 atom stereocenters. The van der Waals surface area contributed by atoms with Crippen molar-refractivity contribution in [1.29, 1.82) is 0 Å².